The van der Waals surface area contributed by atoms with Crippen LogP contribution in [0, 0.1) is 0 Å². The van der Waals surface area contributed by atoms with Gasteiger partial charge in [-0.15, -0.1) is 0 Å². The van der Waals surface area contributed by atoms with Gasteiger partial charge in [0.05, 0.1) is 5.41 Å². The standard InChI is InChI=1S/C23H22N2O3/c1-22(6-7-22)20-11-14-10-16(3-4-17(14)25-20)24-21(26)23(8-9-23)15-2-5-18-19(12-15)28-13-27-18/h2-5,10-12,25H,6-9,13H2,1H3,(H,24,26). The molecular weight excluding hydrogens is 352 g/mol. The fourth-order valence-electron chi connectivity index (χ4n) is 4.21. The molecule has 3 aliphatic rings. The van der Waals surface area contributed by atoms with Gasteiger partial charge in [0.25, 0.3) is 0 Å². The zero-order valence-electron chi connectivity index (χ0n) is 15.8. The minimum atomic E-state index is -0.458. The molecular formula is C23H22N2O3. The Kier molecular flexibility index (Phi) is 3.04. The van der Waals surface area contributed by atoms with Crippen LogP contribution in [0.2, 0.25) is 0 Å². The molecule has 2 fully saturated rings. The SMILES string of the molecule is CC1(c2cc3cc(NC(=O)C4(c5ccc6c(c5)OCO6)CC4)ccc3[nH]2)CC1. The summed E-state index contributed by atoms with van der Waals surface area (Å²) in [7, 11) is 0. The Labute approximate surface area is 163 Å². The summed E-state index contributed by atoms with van der Waals surface area (Å²) >= 11 is 0. The quantitative estimate of drug-likeness (QED) is 0.700. The first-order valence-electron chi connectivity index (χ1n) is 9.91. The van der Waals surface area contributed by atoms with Gasteiger partial charge in [-0.1, -0.05) is 13.0 Å². The summed E-state index contributed by atoms with van der Waals surface area (Å²) in [5, 5.41) is 4.29. The van der Waals surface area contributed by atoms with E-state index in [0.29, 0.717) is 5.41 Å². The van der Waals surface area contributed by atoms with Crippen LogP contribution < -0.4 is 14.8 Å². The number of hydrogen-bond donors (Lipinski definition) is 2. The smallest absolute Gasteiger partial charge is 0.235 e. The lowest BCUT2D eigenvalue weighted by Crippen LogP contribution is -2.27. The number of rotatable bonds is 4. The van der Waals surface area contributed by atoms with Crippen molar-refractivity contribution in [1.82, 2.24) is 4.98 Å². The lowest BCUT2D eigenvalue weighted by atomic mass is 9.94. The fourth-order valence-corrected chi connectivity index (χ4v) is 4.21. The third-order valence-electron chi connectivity index (χ3n) is 6.64. The molecule has 1 aromatic heterocycles. The van der Waals surface area contributed by atoms with E-state index in [4.69, 9.17) is 9.47 Å². The van der Waals surface area contributed by atoms with Crippen molar-refractivity contribution in [2.45, 2.75) is 43.4 Å². The molecule has 1 amide bonds. The van der Waals surface area contributed by atoms with Gasteiger partial charge in [-0.3, -0.25) is 4.79 Å². The van der Waals surface area contributed by atoms with Crippen LogP contribution in [-0.4, -0.2) is 17.7 Å². The summed E-state index contributed by atoms with van der Waals surface area (Å²) in [5.41, 5.74) is 4.11. The number of ether oxygens (including phenoxy) is 2. The molecule has 2 aromatic carbocycles. The molecule has 0 atom stereocenters. The minimum absolute atomic E-state index is 0.0515. The highest BCUT2D eigenvalue weighted by Crippen LogP contribution is 2.51. The summed E-state index contributed by atoms with van der Waals surface area (Å²) in [6.45, 7) is 2.54. The lowest BCUT2D eigenvalue weighted by Gasteiger charge is -2.16. The van der Waals surface area contributed by atoms with Crippen LogP contribution in [0.1, 0.15) is 43.9 Å². The molecule has 0 radical (unpaired) electrons. The molecule has 1 aliphatic heterocycles. The summed E-state index contributed by atoms with van der Waals surface area (Å²) in [6.07, 6.45) is 4.18. The van der Waals surface area contributed by atoms with E-state index in [-0.39, 0.29) is 12.7 Å². The zero-order valence-corrected chi connectivity index (χ0v) is 15.8. The van der Waals surface area contributed by atoms with Gasteiger partial charge in [-0.2, -0.15) is 0 Å². The number of fused-ring (bicyclic) bond motifs is 2. The minimum Gasteiger partial charge on any atom is -0.454 e. The maximum atomic E-state index is 13.1. The number of carbonyl (C=O) groups excluding carboxylic acids is 1. The second-order valence-electron chi connectivity index (χ2n) is 8.65. The van der Waals surface area contributed by atoms with Crippen molar-refractivity contribution in [3.63, 3.8) is 0 Å². The Bertz CT molecular complexity index is 1120. The van der Waals surface area contributed by atoms with E-state index >= 15 is 0 Å². The summed E-state index contributed by atoms with van der Waals surface area (Å²) in [4.78, 5) is 16.6. The fraction of sp³-hybridized carbons (Fsp3) is 0.348. The number of anilines is 1. The van der Waals surface area contributed by atoms with Gasteiger partial charge in [-0.05, 0) is 67.6 Å². The molecule has 0 spiro atoms. The number of H-pyrrole nitrogens is 1. The number of amides is 1. The van der Waals surface area contributed by atoms with Gasteiger partial charge in [0.15, 0.2) is 11.5 Å². The molecule has 6 rings (SSSR count). The lowest BCUT2D eigenvalue weighted by molar-refractivity contribution is -0.118. The van der Waals surface area contributed by atoms with Crippen molar-refractivity contribution in [1.29, 1.82) is 0 Å². The third kappa shape index (κ3) is 2.35. The molecule has 5 nitrogen and oxygen atoms in total. The highest BCUT2D eigenvalue weighted by Gasteiger charge is 2.51. The van der Waals surface area contributed by atoms with Crippen LogP contribution in [0.15, 0.2) is 42.5 Å². The van der Waals surface area contributed by atoms with E-state index < -0.39 is 5.41 Å². The zero-order chi connectivity index (χ0) is 18.9. The highest BCUT2D eigenvalue weighted by molar-refractivity contribution is 6.02. The normalized spacial score (nSPS) is 20.2. The molecule has 2 heterocycles. The molecule has 3 aromatic rings. The average Bonchev–Trinajstić information content (AvgIpc) is 3.55. The van der Waals surface area contributed by atoms with Crippen LogP contribution in [-0.2, 0) is 15.6 Å². The maximum absolute atomic E-state index is 13.1. The van der Waals surface area contributed by atoms with E-state index in [1.807, 2.05) is 24.3 Å². The van der Waals surface area contributed by atoms with Gasteiger partial charge in [0.1, 0.15) is 0 Å². The predicted octanol–water partition coefficient (Wildman–Crippen LogP) is 4.62. The van der Waals surface area contributed by atoms with Gasteiger partial charge >= 0.3 is 0 Å². The molecule has 0 unspecified atom stereocenters. The third-order valence-corrected chi connectivity index (χ3v) is 6.64. The van der Waals surface area contributed by atoms with Gasteiger partial charge < -0.3 is 19.8 Å². The summed E-state index contributed by atoms with van der Waals surface area (Å²) in [5.74, 6) is 1.53. The molecule has 0 saturated heterocycles. The largest absolute Gasteiger partial charge is 0.454 e. The van der Waals surface area contributed by atoms with Crippen LogP contribution in [0.4, 0.5) is 5.69 Å². The van der Waals surface area contributed by atoms with Crippen molar-refractivity contribution in [2.24, 2.45) is 0 Å². The first kappa shape index (κ1) is 16.0. The van der Waals surface area contributed by atoms with Crippen molar-refractivity contribution < 1.29 is 14.3 Å². The van der Waals surface area contributed by atoms with Crippen molar-refractivity contribution in [3.8, 4) is 11.5 Å². The topological polar surface area (TPSA) is 63.4 Å². The number of aromatic nitrogens is 1. The van der Waals surface area contributed by atoms with E-state index in [2.05, 4.69) is 35.4 Å². The van der Waals surface area contributed by atoms with Crippen LogP contribution in [0.3, 0.4) is 0 Å². The molecule has 142 valence electrons. The molecule has 0 bridgehead atoms. The number of carbonyl (C=O) groups is 1. The Morgan fingerprint density at radius 1 is 1.00 bits per heavy atom. The number of benzene rings is 2. The Balaban J connectivity index is 1.27. The van der Waals surface area contributed by atoms with E-state index in [1.165, 1.54) is 18.5 Å². The number of nitrogens with one attached hydrogen (secondary N) is 2. The first-order chi connectivity index (χ1) is 13.6. The Morgan fingerprint density at radius 2 is 1.82 bits per heavy atom. The van der Waals surface area contributed by atoms with Crippen LogP contribution in [0.5, 0.6) is 11.5 Å². The van der Waals surface area contributed by atoms with Crippen molar-refractivity contribution >= 4 is 22.5 Å². The van der Waals surface area contributed by atoms with E-state index in [1.54, 1.807) is 0 Å². The van der Waals surface area contributed by atoms with Gasteiger partial charge in [0.2, 0.25) is 12.7 Å². The summed E-state index contributed by atoms with van der Waals surface area (Å²) in [6, 6.07) is 14.2. The van der Waals surface area contributed by atoms with Gasteiger partial charge in [0, 0.05) is 27.7 Å². The second-order valence-corrected chi connectivity index (χ2v) is 8.65. The van der Waals surface area contributed by atoms with Crippen LogP contribution >= 0.6 is 0 Å². The Hall–Kier alpha value is -2.95. The monoisotopic (exact) mass is 374 g/mol. The first-order valence-corrected chi connectivity index (χ1v) is 9.91. The predicted molar refractivity (Wildman–Crippen MR) is 107 cm³/mol. The molecule has 2 aliphatic carbocycles. The van der Waals surface area contributed by atoms with Crippen molar-refractivity contribution in [3.05, 3.63) is 53.7 Å². The molecule has 2 N–H and O–H groups in total. The van der Waals surface area contributed by atoms with E-state index in [0.717, 1.165) is 46.5 Å². The van der Waals surface area contributed by atoms with Gasteiger partial charge in [-0.25, -0.2) is 0 Å². The molecule has 5 heteroatoms. The number of hydrogen-bond acceptors (Lipinski definition) is 3. The van der Waals surface area contributed by atoms with E-state index in [9.17, 15) is 4.79 Å². The number of aromatic amines is 1. The summed E-state index contributed by atoms with van der Waals surface area (Å²) < 4.78 is 10.9. The molecule has 2 saturated carbocycles. The second kappa shape index (κ2) is 5.31. The molecule has 28 heavy (non-hydrogen) atoms. The Morgan fingerprint density at radius 3 is 2.61 bits per heavy atom. The highest BCUT2D eigenvalue weighted by atomic mass is 16.7. The van der Waals surface area contributed by atoms with Crippen molar-refractivity contribution in [2.75, 3.05) is 12.1 Å². The van der Waals surface area contributed by atoms with Crippen LogP contribution in [0.25, 0.3) is 10.9 Å². The average molecular weight is 374 g/mol. The maximum Gasteiger partial charge on any atom is 0.235 e.